The van der Waals surface area contributed by atoms with E-state index >= 15 is 0 Å². The molecule has 0 aromatic carbocycles. The molecule has 134 valence electrons. The molecule has 1 N–H and O–H groups in total. The van der Waals surface area contributed by atoms with E-state index in [0.717, 1.165) is 38.5 Å². The van der Waals surface area contributed by atoms with Crippen LogP contribution in [0.4, 0.5) is 4.39 Å². The van der Waals surface area contributed by atoms with Crippen LogP contribution in [0.1, 0.15) is 123 Å². The Morgan fingerprint density at radius 1 is 0.545 bits per heavy atom. The summed E-state index contributed by atoms with van der Waals surface area (Å²) in [5.41, 5.74) is 0. The summed E-state index contributed by atoms with van der Waals surface area (Å²) in [6, 6.07) is 0. The fourth-order valence-corrected chi connectivity index (χ4v) is 3.01. The highest BCUT2D eigenvalue weighted by molar-refractivity contribution is 4.65. The van der Waals surface area contributed by atoms with Crippen LogP contribution in [0.25, 0.3) is 0 Å². The zero-order valence-corrected chi connectivity index (χ0v) is 15.3. The van der Waals surface area contributed by atoms with Gasteiger partial charge >= 0.3 is 0 Å². The van der Waals surface area contributed by atoms with Crippen LogP contribution >= 0.6 is 0 Å². The van der Waals surface area contributed by atoms with Crippen LogP contribution < -0.4 is 0 Å². The van der Waals surface area contributed by atoms with Gasteiger partial charge in [-0.2, -0.15) is 0 Å². The topological polar surface area (TPSA) is 20.2 Å². The highest BCUT2D eigenvalue weighted by Gasteiger charge is 2.23. The number of rotatable bonds is 17. The first-order chi connectivity index (χ1) is 10.6. The monoisotopic (exact) mass is 316 g/mol. The van der Waals surface area contributed by atoms with Gasteiger partial charge in [-0.1, -0.05) is 97.3 Å². The Morgan fingerprint density at radius 2 is 0.818 bits per heavy atom. The molecule has 0 aromatic rings. The van der Waals surface area contributed by atoms with E-state index in [4.69, 9.17) is 0 Å². The summed E-state index contributed by atoms with van der Waals surface area (Å²) in [7, 11) is 0. The molecule has 0 spiro atoms. The summed E-state index contributed by atoms with van der Waals surface area (Å²) >= 11 is 0. The molecule has 22 heavy (non-hydrogen) atoms. The number of aliphatic hydroxyl groups is 1. The van der Waals surface area contributed by atoms with Crippen LogP contribution in [0.2, 0.25) is 0 Å². The molecule has 1 atom stereocenters. The van der Waals surface area contributed by atoms with Crippen molar-refractivity contribution in [3.05, 3.63) is 0 Å². The second kappa shape index (κ2) is 15.8. The largest absolute Gasteiger partial charge is 0.362 e. The quantitative estimate of drug-likeness (QED) is 0.279. The number of hydrogen-bond donors (Lipinski definition) is 1. The third-order valence-electron chi connectivity index (χ3n) is 4.58. The average Bonchev–Trinajstić information content (AvgIpc) is 2.49. The van der Waals surface area contributed by atoms with Crippen molar-refractivity contribution in [2.24, 2.45) is 0 Å². The minimum atomic E-state index is -1.91. The second-order valence-corrected chi connectivity index (χ2v) is 7.01. The summed E-state index contributed by atoms with van der Waals surface area (Å²) < 4.78 is 13.9. The molecule has 0 bridgehead atoms. The Labute approximate surface area is 139 Å². The van der Waals surface area contributed by atoms with Gasteiger partial charge in [0.25, 0.3) is 0 Å². The molecule has 0 amide bonds. The molecular weight excluding hydrogens is 275 g/mol. The summed E-state index contributed by atoms with van der Waals surface area (Å²) in [4.78, 5) is 0. The van der Waals surface area contributed by atoms with Gasteiger partial charge in [-0.05, 0) is 12.8 Å². The maximum atomic E-state index is 13.9. The molecule has 0 fully saturated rings. The fourth-order valence-electron chi connectivity index (χ4n) is 3.01. The Bertz CT molecular complexity index is 216. The minimum Gasteiger partial charge on any atom is -0.362 e. The van der Waals surface area contributed by atoms with Crippen molar-refractivity contribution < 1.29 is 9.50 Å². The predicted octanol–water partition coefficient (Wildman–Crippen LogP) is 7.32. The maximum Gasteiger partial charge on any atom is 0.206 e. The first-order valence-corrected chi connectivity index (χ1v) is 10.0. The molecule has 0 radical (unpaired) electrons. The van der Waals surface area contributed by atoms with Gasteiger partial charge in [-0.25, -0.2) is 4.39 Å². The third-order valence-corrected chi connectivity index (χ3v) is 4.58. The Morgan fingerprint density at radius 3 is 1.18 bits per heavy atom. The molecule has 0 rings (SSSR count). The van der Waals surface area contributed by atoms with Gasteiger partial charge in [0, 0.05) is 12.8 Å². The number of alkyl halides is 1. The molecule has 0 aliphatic carbocycles. The van der Waals surface area contributed by atoms with E-state index in [0.29, 0.717) is 12.8 Å². The lowest BCUT2D eigenvalue weighted by atomic mass is 10.0. The van der Waals surface area contributed by atoms with Crippen molar-refractivity contribution in [2.45, 2.75) is 129 Å². The van der Waals surface area contributed by atoms with Crippen molar-refractivity contribution >= 4 is 0 Å². The molecule has 0 aliphatic rings. The molecule has 1 nitrogen and oxygen atoms in total. The van der Waals surface area contributed by atoms with Crippen molar-refractivity contribution in [2.75, 3.05) is 0 Å². The molecule has 0 heterocycles. The number of hydrogen-bond acceptors (Lipinski definition) is 1. The van der Waals surface area contributed by atoms with Crippen molar-refractivity contribution in [1.29, 1.82) is 0 Å². The van der Waals surface area contributed by atoms with Gasteiger partial charge in [0.2, 0.25) is 5.85 Å². The Balaban J connectivity index is 3.26. The third kappa shape index (κ3) is 16.3. The average molecular weight is 317 g/mol. The Hall–Kier alpha value is -0.110. The van der Waals surface area contributed by atoms with Crippen LogP contribution in [0, 0.1) is 0 Å². The molecule has 2 heteroatoms. The summed E-state index contributed by atoms with van der Waals surface area (Å²) in [5.74, 6) is -1.91. The van der Waals surface area contributed by atoms with Gasteiger partial charge in [0.1, 0.15) is 0 Å². The number of halogens is 1. The molecule has 0 saturated carbocycles. The van der Waals surface area contributed by atoms with Crippen molar-refractivity contribution in [3.63, 3.8) is 0 Å². The van der Waals surface area contributed by atoms with Crippen LogP contribution in [0.5, 0.6) is 0 Å². The van der Waals surface area contributed by atoms with Crippen LogP contribution in [0.3, 0.4) is 0 Å². The summed E-state index contributed by atoms with van der Waals surface area (Å²) in [6.07, 6.45) is 18.7. The maximum absolute atomic E-state index is 13.9. The molecule has 0 aromatic heterocycles. The molecule has 0 aliphatic heterocycles. The fraction of sp³-hybridized carbons (Fsp3) is 1.00. The zero-order valence-electron chi connectivity index (χ0n) is 15.3. The Kier molecular flexibility index (Phi) is 15.7. The van der Waals surface area contributed by atoms with E-state index in [-0.39, 0.29) is 0 Å². The van der Waals surface area contributed by atoms with Crippen molar-refractivity contribution in [1.82, 2.24) is 0 Å². The summed E-state index contributed by atoms with van der Waals surface area (Å²) in [6.45, 7) is 4.40. The SMILES string of the molecule is CCCCCCCCCCCCCC(O)(F)CCCCCC. The molecule has 0 saturated heterocycles. The highest BCUT2D eigenvalue weighted by atomic mass is 19.2. The first-order valence-electron chi connectivity index (χ1n) is 10.0. The lowest BCUT2D eigenvalue weighted by molar-refractivity contribution is -0.103. The summed E-state index contributed by atoms with van der Waals surface area (Å²) in [5, 5.41) is 9.69. The van der Waals surface area contributed by atoms with Gasteiger partial charge in [0.05, 0.1) is 0 Å². The second-order valence-electron chi connectivity index (χ2n) is 7.01. The lowest BCUT2D eigenvalue weighted by Gasteiger charge is -2.18. The van der Waals surface area contributed by atoms with Crippen LogP contribution in [-0.4, -0.2) is 11.0 Å². The molecule has 1 unspecified atom stereocenters. The van der Waals surface area contributed by atoms with Gasteiger partial charge < -0.3 is 5.11 Å². The van der Waals surface area contributed by atoms with E-state index in [1.165, 1.54) is 57.8 Å². The van der Waals surface area contributed by atoms with E-state index in [1.54, 1.807) is 0 Å². The number of unbranched alkanes of at least 4 members (excludes halogenated alkanes) is 13. The van der Waals surface area contributed by atoms with E-state index in [2.05, 4.69) is 13.8 Å². The normalized spacial score (nSPS) is 14.2. The highest BCUT2D eigenvalue weighted by Crippen LogP contribution is 2.24. The smallest absolute Gasteiger partial charge is 0.206 e. The van der Waals surface area contributed by atoms with Crippen LogP contribution in [-0.2, 0) is 0 Å². The van der Waals surface area contributed by atoms with E-state index in [9.17, 15) is 9.50 Å². The van der Waals surface area contributed by atoms with E-state index < -0.39 is 5.85 Å². The lowest BCUT2D eigenvalue weighted by Crippen LogP contribution is -2.21. The van der Waals surface area contributed by atoms with E-state index in [1.807, 2.05) is 0 Å². The predicted molar refractivity (Wildman–Crippen MR) is 95.9 cm³/mol. The van der Waals surface area contributed by atoms with Crippen LogP contribution in [0.15, 0.2) is 0 Å². The van der Waals surface area contributed by atoms with Crippen molar-refractivity contribution in [3.8, 4) is 0 Å². The van der Waals surface area contributed by atoms with Gasteiger partial charge in [-0.15, -0.1) is 0 Å². The molecular formula is C20H41FO. The minimum absolute atomic E-state index is 0.324. The van der Waals surface area contributed by atoms with Gasteiger partial charge in [0.15, 0.2) is 0 Å². The first kappa shape index (κ1) is 21.9. The van der Waals surface area contributed by atoms with Gasteiger partial charge in [-0.3, -0.25) is 0 Å². The standard InChI is InChI=1S/C20H41FO/c1-3-5-7-9-10-11-12-13-14-15-17-19-20(21,22)18-16-8-6-4-2/h22H,3-19H2,1-2H3. The zero-order chi connectivity index (χ0) is 16.5.